The summed E-state index contributed by atoms with van der Waals surface area (Å²) in [6, 6.07) is 12.4. The fourth-order valence-corrected chi connectivity index (χ4v) is 3.66. The lowest BCUT2D eigenvalue weighted by Crippen LogP contribution is -2.23. The Labute approximate surface area is 185 Å². The van der Waals surface area contributed by atoms with Gasteiger partial charge in [0.05, 0.1) is 28.9 Å². The smallest absolute Gasteiger partial charge is 0.338 e. The minimum atomic E-state index is -3.71. The molecule has 0 radical (unpaired) electrons. The number of hydrogen-bond acceptors (Lipinski definition) is 7. The minimum Gasteiger partial charge on any atom is -0.495 e. The van der Waals surface area contributed by atoms with Crippen LogP contribution in [0.4, 0.5) is 5.69 Å². The number of methoxy groups -OCH3 is 1. The van der Waals surface area contributed by atoms with Crippen LogP contribution < -0.4 is 10.1 Å². The van der Waals surface area contributed by atoms with Crippen LogP contribution in [-0.4, -0.2) is 62.2 Å². The number of hydrogen-bond donors (Lipinski definition) is 1. The molecular weight excluding hydrogens is 436 g/mol. The maximum Gasteiger partial charge on any atom is 0.338 e. The minimum absolute atomic E-state index is 0.0205. The summed E-state index contributed by atoms with van der Waals surface area (Å²) in [7, 11) is 0.483. The quantitative estimate of drug-likeness (QED) is 0.512. The molecule has 11 heteroatoms. The molecule has 0 aliphatic rings. The van der Waals surface area contributed by atoms with Gasteiger partial charge in [0.25, 0.3) is 5.91 Å². The third-order valence-corrected chi connectivity index (χ3v) is 6.24. The van der Waals surface area contributed by atoms with Gasteiger partial charge in [-0.2, -0.15) is 5.10 Å². The number of nitrogens with zero attached hydrogens (tertiary/aromatic N) is 3. The summed E-state index contributed by atoms with van der Waals surface area (Å²) in [5.74, 6) is -1.07. The molecule has 1 aromatic heterocycles. The van der Waals surface area contributed by atoms with Gasteiger partial charge in [-0.3, -0.25) is 4.79 Å². The van der Waals surface area contributed by atoms with Gasteiger partial charge in [-0.25, -0.2) is 22.2 Å². The Morgan fingerprint density at radius 1 is 1.12 bits per heavy atom. The summed E-state index contributed by atoms with van der Waals surface area (Å²) in [6.07, 6.45) is 3.41. The van der Waals surface area contributed by atoms with E-state index in [0.29, 0.717) is 0 Å². The van der Waals surface area contributed by atoms with Crippen molar-refractivity contribution in [3.05, 3.63) is 66.5 Å². The van der Waals surface area contributed by atoms with Crippen molar-refractivity contribution in [3.8, 4) is 11.4 Å². The average Bonchev–Trinajstić information content (AvgIpc) is 3.32. The SMILES string of the molecule is COc1ccc(S(=O)(=O)N(C)C)cc1NC(=O)COC(=O)c1ccc(-n2cccn2)cc1. The van der Waals surface area contributed by atoms with E-state index >= 15 is 0 Å². The molecule has 2 aromatic carbocycles. The Bertz CT molecular complexity index is 1210. The van der Waals surface area contributed by atoms with Crippen molar-refractivity contribution >= 4 is 27.6 Å². The summed E-state index contributed by atoms with van der Waals surface area (Å²) < 4.78 is 37.6. The predicted octanol–water partition coefficient (Wildman–Crippen LogP) is 1.93. The molecule has 0 bridgehead atoms. The van der Waals surface area contributed by atoms with E-state index in [1.165, 1.54) is 39.4 Å². The molecule has 0 unspecified atom stereocenters. The molecule has 10 nitrogen and oxygen atoms in total. The number of sulfonamides is 1. The predicted molar refractivity (Wildman–Crippen MR) is 116 cm³/mol. The van der Waals surface area contributed by atoms with Crippen molar-refractivity contribution in [2.75, 3.05) is 33.1 Å². The summed E-state index contributed by atoms with van der Waals surface area (Å²) in [5.41, 5.74) is 1.18. The highest BCUT2D eigenvalue weighted by atomic mass is 32.2. The van der Waals surface area contributed by atoms with E-state index in [1.807, 2.05) is 0 Å². The molecule has 3 rings (SSSR count). The molecule has 1 amide bonds. The number of carbonyl (C=O) groups excluding carboxylic acids is 2. The second-order valence-corrected chi connectivity index (χ2v) is 8.92. The van der Waals surface area contributed by atoms with Gasteiger partial charge in [0.15, 0.2) is 6.61 Å². The average molecular weight is 458 g/mol. The maximum absolute atomic E-state index is 12.3. The van der Waals surface area contributed by atoms with Crippen molar-refractivity contribution in [3.63, 3.8) is 0 Å². The molecule has 0 aliphatic heterocycles. The van der Waals surface area contributed by atoms with Crippen molar-refractivity contribution in [1.29, 1.82) is 0 Å². The van der Waals surface area contributed by atoms with Crippen LogP contribution >= 0.6 is 0 Å². The standard InChI is InChI=1S/C21H22N4O6S/c1-24(2)32(28,29)17-9-10-19(30-3)18(13-17)23-20(26)14-31-21(27)15-5-7-16(8-6-15)25-12-4-11-22-25/h4-13H,14H2,1-3H3,(H,23,26). The molecule has 0 saturated heterocycles. The van der Waals surface area contributed by atoms with Gasteiger partial charge >= 0.3 is 5.97 Å². The summed E-state index contributed by atoms with van der Waals surface area (Å²) in [4.78, 5) is 24.5. The highest BCUT2D eigenvalue weighted by Gasteiger charge is 2.20. The largest absolute Gasteiger partial charge is 0.495 e. The number of anilines is 1. The molecule has 0 spiro atoms. The van der Waals surface area contributed by atoms with E-state index < -0.39 is 28.5 Å². The number of carbonyl (C=O) groups is 2. The first-order valence-corrected chi connectivity index (χ1v) is 10.8. The fourth-order valence-electron chi connectivity index (χ4n) is 2.73. The second-order valence-electron chi connectivity index (χ2n) is 6.77. The number of benzene rings is 2. The first kappa shape index (κ1) is 23.0. The van der Waals surface area contributed by atoms with Crippen LogP contribution in [0.2, 0.25) is 0 Å². The van der Waals surface area contributed by atoms with Gasteiger partial charge in [0.1, 0.15) is 5.75 Å². The zero-order valence-electron chi connectivity index (χ0n) is 17.7. The third-order valence-electron chi connectivity index (χ3n) is 4.43. The number of ether oxygens (including phenoxy) is 2. The van der Waals surface area contributed by atoms with Crippen molar-refractivity contribution in [2.45, 2.75) is 4.90 Å². The lowest BCUT2D eigenvalue weighted by molar-refractivity contribution is -0.119. The highest BCUT2D eigenvalue weighted by Crippen LogP contribution is 2.28. The Morgan fingerprint density at radius 2 is 1.84 bits per heavy atom. The molecule has 0 saturated carbocycles. The van der Waals surface area contributed by atoms with Gasteiger partial charge in [0.2, 0.25) is 10.0 Å². The number of aromatic nitrogens is 2. The first-order chi connectivity index (χ1) is 15.2. The van der Waals surface area contributed by atoms with E-state index in [2.05, 4.69) is 10.4 Å². The van der Waals surface area contributed by atoms with Crippen molar-refractivity contribution in [2.24, 2.45) is 0 Å². The molecule has 0 aliphatic carbocycles. The van der Waals surface area contributed by atoms with Crippen LogP contribution in [0.3, 0.4) is 0 Å². The summed E-state index contributed by atoms with van der Waals surface area (Å²) in [5, 5.41) is 6.61. The van der Waals surface area contributed by atoms with Crippen LogP contribution in [0.25, 0.3) is 5.69 Å². The van der Waals surface area contributed by atoms with Gasteiger partial charge < -0.3 is 14.8 Å². The zero-order valence-corrected chi connectivity index (χ0v) is 18.5. The van der Waals surface area contributed by atoms with Crippen molar-refractivity contribution < 1.29 is 27.5 Å². The number of nitrogens with one attached hydrogen (secondary N) is 1. The Kier molecular flexibility index (Phi) is 6.91. The highest BCUT2D eigenvalue weighted by molar-refractivity contribution is 7.89. The van der Waals surface area contributed by atoms with E-state index in [4.69, 9.17) is 9.47 Å². The van der Waals surface area contributed by atoms with Gasteiger partial charge in [-0.15, -0.1) is 0 Å². The lowest BCUT2D eigenvalue weighted by Gasteiger charge is -2.15. The molecular formula is C21H22N4O6S. The molecule has 1 heterocycles. The lowest BCUT2D eigenvalue weighted by atomic mass is 10.2. The first-order valence-electron chi connectivity index (χ1n) is 9.40. The van der Waals surface area contributed by atoms with Crippen LogP contribution in [-0.2, 0) is 19.6 Å². The maximum atomic E-state index is 12.3. The third kappa shape index (κ3) is 5.13. The Balaban J connectivity index is 1.65. The summed E-state index contributed by atoms with van der Waals surface area (Å²) in [6.45, 7) is -0.562. The van der Waals surface area contributed by atoms with Gasteiger partial charge in [0, 0.05) is 26.5 Å². The molecule has 0 atom stereocenters. The number of amides is 1. The molecule has 3 aromatic rings. The zero-order chi connectivity index (χ0) is 23.3. The van der Waals surface area contributed by atoms with E-state index in [-0.39, 0.29) is 21.9 Å². The van der Waals surface area contributed by atoms with Crippen LogP contribution in [0.1, 0.15) is 10.4 Å². The van der Waals surface area contributed by atoms with Crippen LogP contribution in [0.5, 0.6) is 5.75 Å². The number of rotatable bonds is 8. The summed E-state index contributed by atoms with van der Waals surface area (Å²) >= 11 is 0. The monoisotopic (exact) mass is 458 g/mol. The second kappa shape index (κ2) is 9.62. The van der Waals surface area contributed by atoms with Gasteiger partial charge in [-0.1, -0.05) is 0 Å². The van der Waals surface area contributed by atoms with E-state index in [0.717, 1.165) is 9.99 Å². The van der Waals surface area contributed by atoms with Crippen LogP contribution in [0.15, 0.2) is 65.8 Å². The molecule has 0 fully saturated rings. The van der Waals surface area contributed by atoms with E-state index in [9.17, 15) is 18.0 Å². The van der Waals surface area contributed by atoms with Crippen LogP contribution in [0, 0.1) is 0 Å². The molecule has 32 heavy (non-hydrogen) atoms. The normalized spacial score (nSPS) is 11.2. The molecule has 168 valence electrons. The Hall–Kier alpha value is -3.70. The number of esters is 1. The topological polar surface area (TPSA) is 120 Å². The van der Waals surface area contributed by atoms with E-state index in [1.54, 1.807) is 47.4 Å². The van der Waals surface area contributed by atoms with Crippen molar-refractivity contribution in [1.82, 2.24) is 14.1 Å². The van der Waals surface area contributed by atoms with Gasteiger partial charge in [-0.05, 0) is 48.5 Å². The Morgan fingerprint density at radius 3 is 2.44 bits per heavy atom. The molecule has 1 N–H and O–H groups in total. The fraction of sp³-hybridized carbons (Fsp3) is 0.190.